The van der Waals surface area contributed by atoms with Crippen molar-refractivity contribution in [2.24, 2.45) is 5.73 Å². The highest BCUT2D eigenvalue weighted by atomic mass is 79.9. The molecule has 0 aliphatic carbocycles. The van der Waals surface area contributed by atoms with Gasteiger partial charge in [-0.25, -0.2) is 0 Å². The van der Waals surface area contributed by atoms with Crippen molar-refractivity contribution in [2.45, 2.75) is 0 Å². The van der Waals surface area contributed by atoms with E-state index in [9.17, 15) is 0 Å². The van der Waals surface area contributed by atoms with E-state index in [1.54, 1.807) is 0 Å². The lowest BCUT2D eigenvalue weighted by Crippen LogP contribution is -2.08. The first-order valence-corrected chi connectivity index (χ1v) is 4.95. The topological polar surface area (TPSA) is 41.8 Å². The van der Waals surface area contributed by atoms with Crippen LogP contribution in [0.1, 0.15) is 5.56 Å². The van der Waals surface area contributed by atoms with Crippen LogP contribution in [-0.4, -0.2) is 9.97 Å². The monoisotopic (exact) mass is 254 g/mol. The normalized spacial score (nSPS) is 10.5. The number of halogens is 1. The molecule has 2 nitrogen and oxygen atoms in total. The summed E-state index contributed by atoms with van der Waals surface area (Å²) in [5.74, 6) is 0. The highest BCUT2D eigenvalue weighted by Crippen LogP contribution is 2.21. The summed E-state index contributed by atoms with van der Waals surface area (Å²) >= 11 is 8.32. The fraction of sp³-hybridized carbons (Fsp3) is 0. The fourth-order valence-electron chi connectivity index (χ4n) is 1.30. The van der Waals surface area contributed by atoms with E-state index in [0.29, 0.717) is 4.99 Å². The van der Waals surface area contributed by atoms with Crippen LogP contribution in [0.15, 0.2) is 28.9 Å². The van der Waals surface area contributed by atoms with Crippen molar-refractivity contribution in [1.29, 1.82) is 0 Å². The van der Waals surface area contributed by atoms with Gasteiger partial charge in [0.15, 0.2) is 0 Å². The van der Waals surface area contributed by atoms with Gasteiger partial charge < -0.3 is 10.7 Å². The molecule has 1 heterocycles. The summed E-state index contributed by atoms with van der Waals surface area (Å²) in [7, 11) is 0. The number of thiocarbonyl (C=S) groups is 1. The number of rotatable bonds is 1. The Kier molecular flexibility index (Phi) is 2.09. The third-order valence-corrected chi connectivity index (χ3v) is 2.62. The summed E-state index contributed by atoms with van der Waals surface area (Å²) in [5.41, 5.74) is 7.50. The van der Waals surface area contributed by atoms with Gasteiger partial charge in [0.1, 0.15) is 4.99 Å². The summed E-state index contributed by atoms with van der Waals surface area (Å²) in [6, 6.07) is 5.96. The first-order valence-electron chi connectivity index (χ1n) is 3.75. The molecule has 2 rings (SSSR count). The van der Waals surface area contributed by atoms with Gasteiger partial charge in [-0.2, -0.15) is 0 Å². The van der Waals surface area contributed by atoms with Crippen LogP contribution in [0, 0.1) is 0 Å². The summed E-state index contributed by atoms with van der Waals surface area (Å²) in [5, 5.41) is 1.07. The van der Waals surface area contributed by atoms with E-state index in [1.807, 2.05) is 24.4 Å². The predicted octanol–water partition coefficient (Wildman–Crippen LogP) is 2.56. The molecule has 4 heteroatoms. The number of aromatic nitrogens is 1. The second-order valence-electron chi connectivity index (χ2n) is 2.76. The standard InChI is InChI=1S/C9H7BrN2S/c10-5-1-2-6-7(9(11)13)4-12-8(6)3-5/h1-4,12H,(H2,11,13). The minimum Gasteiger partial charge on any atom is -0.389 e. The lowest BCUT2D eigenvalue weighted by molar-refractivity contribution is 1.46. The summed E-state index contributed by atoms with van der Waals surface area (Å²) in [6.07, 6.45) is 1.83. The van der Waals surface area contributed by atoms with E-state index in [2.05, 4.69) is 20.9 Å². The molecule has 66 valence electrons. The van der Waals surface area contributed by atoms with E-state index in [0.717, 1.165) is 20.9 Å². The minimum atomic E-state index is 0.425. The number of aromatic amines is 1. The van der Waals surface area contributed by atoms with Crippen molar-refractivity contribution in [2.75, 3.05) is 0 Å². The summed E-state index contributed by atoms with van der Waals surface area (Å²) < 4.78 is 1.04. The first-order chi connectivity index (χ1) is 6.18. The molecule has 1 aromatic carbocycles. The van der Waals surface area contributed by atoms with Crippen LogP contribution in [0.2, 0.25) is 0 Å². The molecule has 13 heavy (non-hydrogen) atoms. The van der Waals surface area contributed by atoms with E-state index in [4.69, 9.17) is 18.0 Å². The van der Waals surface area contributed by atoms with Crippen LogP contribution < -0.4 is 5.73 Å². The van der Waals surface area contributed by atoms with Gasteiger partial charge in [-0.3, -0.25) is 0 Å². The molecule has 0 amide bonds. The number of nitrogens with two attached hydrogens (primary N) is 1. The second-order valence-corrected chi connectivity index (χ2v) is 4.11. The van der Waals surface area contributed by atoms with E-state index in [1.165, 1.54) is 0 Å². The zero-order valence-corrected chi connectivity index (χ0v) is 9.08. The van der Waals surface area contributed by atoms with Crippen molar-refractivity contribution >= 4 is 44.0 Å². The Bertz CT molecular complexity index is 475. The highest BCUT2D eigenvalue weighted by Gasteiger charge is 2.05. The maximum atomic E-state index is 5.56. The van der Waals surface area contributed by atoms with Crippen molar-refractivity contribution in [1.82, 2.24) is 4.98 Å². The van der Waals surface area contributed by atoms with Crippen LogP contribution in [0.3, 0.4) is 0 Å². The van der Waals surface area contributed by atoms with Gasteiger partial charge in [0, 0.05) is 27.1 Å². The first kappa shape index (κ1) is 8.72. The van der Waals surface area contributed by atoms with Crippen molar-refractivity contribution in [3.8, 4) is 0 Å². The number of nitrogens with one attached hydrogen (secondary N) is 1. The largest absolute Gasteiger partial charge is 0.389 e. The van der Waals surface area contributed by atoms with Gasteiger partial charge >= 0.3 is 0 Å². The number of fused-ring (bicyclic) bond motifs is 1. The zero-order valence-electron chi connectivity index (χ0n) is 6.67. The Hall–Kier alpha value is -0.870. The van der Waals surface area contributed by atoms with Crippen LogP contribution in [-0.2, 0) is 0 Å². The second kappa shape index (κ2) is 3.12. The van der Waals surface area contributed by atoms with Crippen molar-refractivity contribution < 1.29 is 0 Å². The fourth-order valence-corrected chi connectivity index (χ4v) is 1.83. The van der Waals surface area contributed by atoms with Gasteiger partial charge in [-0.15, -0.1) is 0 Å². The summed E-state index contributed by atoms with van der Waals surface area (Å²) in [6.45, 7) is 0. The quantitative estimate of drug-likeness (QED) is 0.769. The molecule has 0 radical (unpaired) electrons. The predicted molar refractivity (Wildman–Crippen MR) is 61.9 cm³/mol. The minimum absolute atomic E-state index is 0.425. The Morgan fingerprint density at radius 2 is 2.23 bits per heavy atom. The molecule has 3 N–H and O–H groups in total. The Morgan fingerprint density at radius 1 is 1.46 bits per heavy atom. The van der Waals surface area contributed by atoms with E-state index in [-0.39, 0.29) is 0 Å². The average molecular weight is 255 g/mol. The molecule has 0 atom stereocenters. The van der Waals surface area contributed by atoms with Crippen LogP contribution >= 0.6 is 28.1 Å². The van der Waals surface area contributed by atoms with Gasteiger partial charge in [-0.1, -0.05) is 34.2 Å². The summed E-state index contributed by atoms with van der Waals surface area (Å²) in [4.78, 5) is 3.54. The van der Waals surface area contributed by atoms with Gasteiger partial charge in [0.2, 0.25) is 0 Å². The number of H-pyrrole nitrogens is 1. The highest BCUT2D eigenvalue weighted by molar-refractivity contribution is 9.10. The lowest BCUT2D eigenvalue weighted by atomic mass is 10.2. The third-order valence-electron chi connectivity index (χ3n) is 1.91. The molecular weight excluding hydrogens is 248 g/mol. The molecule has 1 aromatic heterocycles. The van der Waals surface area contributed by atoms with E-state index >= 15 is 0 Å². The Balaban J connectivity index is 2.76. The molecule has 0 saturated carbocycles. The van der Waals surface area contributed by atoms with Crippen molar-refractivity contribution in [3.05, 3.63) is 34.4 Å². The third kappa shape index (κ3) is 1.47. The molecule has 0 unspecified atom stereocenters. The molecule has 0 fully saturated rings. The molecule has 0 spiro atoms. The molecule has 2 aromatic rings. The van der Waals surface area contributed by atoms with Gasteiger partial charge in [0.05, 0.1) is 0 Å². The molecule has 0 saturated heterocycles. The molecular formula is C9H7BrN2S. The molecule has 0 bridgehead atoms. The van der Waals surface area contributed by atoms with Crippen molar-refractivity contribution in [3.63, 3.8) is 0 Å². The SMILES string of the molecule is NC(=S)c1c[nH]c2cc(Br)ccc12. The lowest BCUT2D eigenvalue weighted by Gasteiger charge is -1.95. The maximum absolute atomic E-state index is 5.56. The number of benzene rings is 1. The van der Waals surface area contributed by atoms with Gasteiger partial charge in [-0.05, 0) is 12.1 Å². The van der Waals surface area contributed by atoms with Crippen LogP contribution in [0.5, 0.6) is 0 Å². The molecule has 0 aliphatic rings. The zero-order chi connectivity index (χ0) is 9.42. The maximum Gasteiger partial charge on any atom is 0.106 e. The van der Waals surface area contributed by atoms with Crippen LogP contribution in [0.4, 0.5) is 0 Å². The Labute approximate surface area is 89.3 Å². The van der Waals surface area contributed by atoms with E-state index < -0.39 is 0 Å². The van der Waals surface area contributed by atoms with Crippen LogP contribution in [0.25, 0.3) is 10.9 Å². The smallest absolute Gasteiger partial charge is 0.106 e. The number of hydrogen-bond acceptors (Lipinski definition) is 1. The van der Waals surface area contributed by atoms with Gasteiger partial charge in [0.25, 0.3) is 0 Å². The Morgan fingerprint density at radius 3 is 2.92 bits per heavy atom. The average Bonchev–Trinajstić information content (AvgIpc) is 2.46. The number of hydrogen-bond donors (Lipinski definition) is 2. The molecule has 0 aliphatic heterocycles.